The Kier molecular flexibility index (Phi) is 4.00. The summed E-state index contributed by atoms with van der Waals surface area (Å²) in [7, 11) is -3.03. The molecule has 0 radical (unpaired) electrons. The zero-order valence-corrected chi connectivity index (χ0v) is 12.7. The normalized spacial score (nSPS) is 11.5. The van der Waals surface area contributed by atoms with E-state index < -0.39 is 26.6 Å². The smallest absolute Gasteiger partial charge is 0.269 e. The van der Waals surface area contributed by atoms with E-state index in [1.807, 2.05) is 19.9 Å². The monoisotopic (exact) mass is 311 g/mol. The highest BCUT2D eigenvalue weighted by Gasteiger charge is 2.28. The molecule has 0 unspecified atom stereocenters. The molecule has 0 saturated heterocycles. The molecule has 21 heavy (non-hydrogen) atoms. The van der Waals surface area contributed by atoms with Crippen LogP contribution in [-0.2, 0) is 10.0 Å². The van der Waals surface area contributed by atoms with Crippen molar-refractivity contribution in [2.24, 2.45) is 0 Å². The minimum Gasteiger partial charge on any atom is -0.269 e. The zero-order chi connectivity index (χ0) is 15.8. The van der Waals surface area contributed by atoms with E-state index in [-0.39, 0.29) is 0 Å². The van der Waals surface area contributed by atoms with E-state index in [2.05, 4.69) is 0 Å². The van der Waals surface area contributed by atoms with E-state index in [0.717, 1.165) is 33.6 Å². The molecule has 0 aliphatic carbocycles. The molecule has 2 aromatic rings. The predicted octanol–water partition coefficient (Wildman–Crippen LogP) is 3.41. The highest BCUT2D eigenvalue weighted by molar-refractivity contribution is 7.92. The third-order valence-electron chi connectivity index (χ3n) is 3.11. The van der Waals surface area contributed by atoms with E-state index in [1.165, 1.54) is 7.05 Å². The first-order valence-electron chi connectivity index (χ1n) is 6.24. The second-order valence-electron chi connectivity index (χ2n) is 4.87. The number of nitrogens with zero attached hydrogens (tertiary/aromatic N) is 1. The zero-order valence-electron chi connectivity index (χ0n) is 11.9. The number of rotatable bonds is 3. The molecule has 3 nitrogen and oxygen atoms in total. The maximum absolute atomic E-state index is 13.7. The van der Waals surface area contributed by atoms with Crippen molar-refractivity contribution in [3.63, 3.8) is 0 Å². The fraction of sp³-hybridized carbons (Fsp3) is 0.200. The Morgan fingerprint density at radius 2 is 1.43 bits per heavy atom. The summed E-state index contributed by atoms with van der Waals surface area (Å²) < 4.78 is 53.2. The third kappa shape index (κ3) is 2.90. The van der Waals surface area contributed by atoms with Gasteiger partial charge in [-0.2, -0.15) is 0 Å². The first-order chi connectivity index (χ1) is 9.73. The van der Waals surface area contributed by atoms with Crippen molar-refractivity contribution in [2.45, 2.75) is 18.7 Å². The molecule has 0 bridgehead atoms. The first kappa shape index (κ1) is 15.4. The van der Waals surface area contributed by atoms with Gasteiger partial charge in [0.05, 0.1) is 5.69 Å². The Hall–Kier alpha value is -1.95. The van der Waals surface area contributed by atoms with Crippen LogP contribution in [0.5, 0.6) is 0 Å². The molecule has 0 heterocycles. The van der Waals surface area contributed by atoms with Crippen LogP contribution in [0, 0.1) is 25.5 Å². The molecular weight excluding hydrogens is 296 g/mol. The maximum Gasteiger partial charge on any atom is 0.269 e. The summed E-state index contributed by atoms with van der Waals surface area (Å²) in [5, 5.41) is 0. The molecule has 112 valence electrons. The highest BCUT2D eigenvalue weighted by Crippen LogP contribution is 2.27. The molecular formula is C15H15F2NO2S. The fourth-order valence-electron chi connectivity index (χ4n) is 2.14. The van der Waals surface area contributed by atoms with Gasteiger partial charge in [-0.1, -0.05) is 12.1 Å². The van der Waals surface area contributed by atoms with Crippen molar-refractivity contribution in [2.75, 3.05) is 11.4 Å². The molecule has 0 amide bonds. The Morgan fingerprint density at radius 1 is 0.952 bits per heavy atom. The van der Waals surface area contributed by atoms with Crippen LogP contribution < -0.4 is 4.31 Å². The van der Waals surface area contributed by atoms with Gasteiger partial charge in [0.25, 0.3) is 10.0 Å². The number of sulfonamides is 1. The summed E-state index contributed by atoms with van der Waals surface area (Å²) in [6, 6.07) is 8.14. The number of hydrogen-bond donors (Lipinski definition) is 0. The van der Waals surface area contributed by atoms with Gasteiger partial charge in [0.1, 0.15) is 11.6 Å². The summed E-state index contributed by atoms with van der Waals surface area (Å²) >= 11 is 0. The lowest BCUT2D eigenvalue weighted by Gasteiger charge is -2.21. The molecule has 0 N–H and O–H groups in total. The Labute approximate surface area is 122 Å². The molecule has 0 spiro atoms. The lowest BCUT2D eigenvalue weighted by Crippen LogP contribution is -2.28. The molecule has 0 saturated carbocycles. The number of aryl methyl sites for hydroxylation is 2. The van der Waals surface area contributed by atoms with Crippen molar-refractivity contribution in [3.8, 4) is 0 Å². The van der Waals surface area contributed by atoms with Gasteiger partial charge in [0.15, 0.2) is 4.90 Å². The standard InChI is InChI=1S/C15H15F2NO2S/c1-10-7-11(2)9-12(8-10)18(3)21(19,20)15-13(16)5-4-6-14(15)17/h4-9H,1-3H3. The summed E-state index contributed by atoms with van der Waals surface area (Å²) in [5.74, 6) is -2.21. The number of benzene rings is 2. The SMILES string of the molecule is Cc1cc(C)cc(N(C)S(=O)(=O)c2c(F)cccc2F)c1. The lowest BCUT2D eigenvalue weighted by atomic mass is 10.1. The van der Waals surface area contributed by atoms with Gasteiger partial charge in [-0.3, -0.25) is 4.31 Å². The summed E-state index contributed by atoms with van der Waals surface area (Å²) in [4.78, 5) is -0.938. The Bertz CT molecular complexity index is 748. The van der Waals surface area contributed by atoms with Crippen LogP contribution in [0.3, 0.4) is 0 Å². The molecule has 6 heteroatoms. The minimum absolute atomic E-state index is 0.357. The minimum atomic E-state index is -4.30. The van der Waals surface area contributed by atoms with Crippen molar-refractivity contribution >= 4 is 15.7 Å². The predicted molar refractivity (Wildman–Crippen MR) is 77.9 cm³/mol. The van der Waals surface area contributed by atoms with E-state index >= 15 is 0 Å². The second-order valence-corrected chi connectivity index (χ2v) is 6.78. The van der Waals surface area contributed by atoms with E-state index in [0.29, 0.717) is 5.69 Å². The number of anilines is 1. The van der Waals surface area contributed by atoms with Gasteiger partial charge in [0, 0.05) is 7.05 Å². The highest BCUT2D eigenvalue weighted by atomic mass is 32.2. The van der Waals surface area contributed by atoms with Crippen LogP contribution in [0.2, 0.25) is 0 Å². The van der Waals surface area contributed by atoms with Crippen LogP contribution in [0.4, 0.5) is 14.5 Å². The van der Waals surface area contributed by atoms with E-state index in [9.17, 15) is 17.2 Å². The van der Waals surface area contributed by atoms with Gasteiger partial charge in [-0.25, -0.2) is 17.2 Å². The number of hydrogen-bond acceptors (Lipinski definition) is 2. The van der Waals surface area contributed by atoms with Gasteiger partial charge in [-0.15, -0.1) is 0 Å². The average molecular weight is 311 g/mol. The van der Waals surface area contributed by atoms with Gasteiger partial charge in [0.2, 0.25) is 0 Å². The van der Waals surface area contributed by atoms with Crippen molar-refractivity contribution in [3.05, 3.63) is 59.2 Å². The topological polar surface area (TPSA) is 37.4 Å². The van der Waals surface area contributed by atoms with E-state index in [4.69, 9.17) is 0 Å². The summed E-state index contributed by atoms with van der Waals surface area (Å²) in [6.45, 7) is 3.64. The van der Waals surface area contributed by atoms with Crippen LogP contribution in [0.15, 0.2) is 41.3 Å². The van der Waals surface area contributed by atoms with Crippen LogP contribution >= 0.6 is 0 Å². The van der Waals surface area contributed by atoms with Crippen molar-refractivity contribution in [1.29, 1.82) is 0 Å². The van der Waals surface area contributed by atoms with E-state index in [1.54, 1.807) is 12.1 Å². The summed E-state index contributed by atoms with van der Waals surface area (Å²) in [6.07, 6.45) is 0. The van der Waals surface area contributed by atoms with Gasteiger partial charge in [-0.05, 0) is 49.2 Å². The van der Waals surface area contributed by atoms with Crippen molar-refractivity contribution in [1.82, 2.24) is 0 Å². The van der Waals surface area contributed by atoms with Crippen LogP contribution in [0.1, 0.15) is 11.1 Å². The molecule has 2 rings (SSSR count). The summed E-state index contributed by atoms with van der Waals surface area (Å²) in [5.41, 5.74) is 2.08. The molecule has 0 aromatic heterocycles. The lowest BCUT2D eigenvalue weighted by molar-refractivity contribution is 0.518. The fourth-order valence-corrected chi connectivity index (χ4v) is 3.42. The Morgan fingerprint density at radius 3 is 1.90 bits per heavy atom. The van der Waals surface area contributed by atoms with Crippen LogP contribution in [0.25, 0.3) is 0 Å². The molecule has 2 aromatic carbocycles. The largest absolute Gasteiger partial charge is 0.269 e. The average Bonchev–Trinajstić information content (AvgIpc) is 2.36. The molecule has 0 atom stereocenters. The third-order valence-corrected chi connectivity index (χ3v) is 4.95. The Balaban J connectivity index is 2.58. The maximum atomic E-state index is 13.7. The van der Waals surface area contributed by atoms with Crippen LogP contribution in [-0.4, -0.2) is 15.5 Å². The molecule has 0 fully saturated rings. The molecule has 0 aliphatic heterocycles. The van der Waals surface area contributed by atoms with Crippen molar-refractivity contribution < 1.29 is 17.2 Å². The number of halogens is 2. The van der Waals surface area contributed by atoms with Gasteiger partial charge >= 0.3 is 0 Å². The molecule has 0 aliphatic rings. The first-order valence-corrected chi connectivity index (χ1v) is 7.68. The second kappa shape index (κ2) is 5.44. The quantitative estimate of drug-likeness (QED) is 0.871. The van der Waals surface area contributed by atoms with Gasteiger partial charge < -0.3 is 0 Å².